The molecule has 2 aromatic carbocycles. The first-order valence-electron chi connectivity index (χ1n) is 7.77. The number of nitrogens with one attached hydrogen (secondary N) is 1. The molecule has 0 aliphatic carbocycles. The Labute approximate surface area is 153 Å². The first kappa shape index (κ1) is 19.4. The number of amides is 1. The standard InChI is InChI=1S/C18H21ClN2O3S/c1-13-5-4-6-14(11-13)9-10-20-18(22)16-12-15(7-8-17(16)19)25(23,24)21(2)3/h4-8,11-12H,9-10H2,1-3H3,(H,20,22). The first-order valence-corrected chi connectivity index (χ1v) is 9.59. The highest BCUT2D eigenvalue weighted by Crippen LogP contribution is 2.22. The Morgan fingerprint density at radius 3 is 2.52 bits per heavy atom. The van der Waals surface area contributed by atoms with Gasteiger partial charge >= 0.3 is 0 Å². The molecule has 2 rings (SSSR count). The molecule has 0 unspecified atom stereocenters. The fraction of sp³-hybridized carbons (Fsp3) is 0.278. The van der Waals surface area contributed by atoms with Gasteiger partial charge in [-0.15, -0.1) is 0 Å². The van der Waals surface area contributed by atoms with Crippen molar-refractivity contribution in [1.82, 2.24) is 9.62 Å². The molecule has 0 atom stereocenters. The number of nitrogens with zero attached hydrogens (tertiary/aromatic N) is 1. The number of carbonyl (C=O) groups excluding carboxylic acids is 1. The highest BCUT2D eigenvalue weighted by atomic mass is 35.5. The van der Waals surface area contributed by atoms with Crippen molar-refractivity contribution < 1.29 is 13.2 Å². The topological polar surface area (TPSA) is 66.5 Å². The summed E-state index contributed by atoms with van der Waals surface area (Å²) in [6.45, 7) is 2.45. The highest BCUT2D eigenvalue weighted by Gasteiger charge is 2.20. The lowest BCUT2D eigenvalue weighted by atomic mass is 10.1. The highest BCUT2D eigenvalue weighted by molar-refractivity contribution is 7.89. The van der Waals surface area contributed by atoms with E-state index < -0.39 is 15.9 Å². The molecule has 0 heterocycles. The largest absolute Gasteiger partial charge is 0.352 e. The van der Waals surface area contributed by atoms with Crippen LogP contribution in [0, 0.1) is 6.92 Å². The van der Waals surface area contributed by atoms with E-state index in [9.17, 15) is 13.2 Å². The number of aryl methyl sites for hydroxylation is 1. The normalized spacial score (nSPS) is 11.6. The summed E-state index contributed by atoms with van der Waals surface area (Å²) in [6.07, 6.45) is 0.681. The maximum Gasteiger partial charge on any atom is 0.252 e. The van der Waals surface area contributed by atoms with E-state index in [0.29, 0.717) is 13.0 Å². The molecule has 5 nitrogen and oxygen atoms in total. The summed E-state index contributed by atoms with van der Waals surface area (Å²) < 4.78 is 25.5. The predicted octanol–water partition coefficient (Wildman–Crippen LogP) is 2.87. The van der Waals surface area contributed by atoms with Crippen molar-refractivity contribution in [3.05, 3.63) is 64.2 Å². The Hall–Kier alpha value is -1.89. The third kappa shape index (κ3) is 4.81. The molecule has 25 heavy (non-hydrogen) atoms. The van der Waals surface area contributed by atoms with Crippen LogP contribution in [0.2, 0.25) is 5.02 Å². The molecule has 0 aliphatic rings. The molecule has 0 spiro atoms. The molecule has 0 saturated heterocycles. The quantitative estimate of drug-likeness (QED) is 0.837. The minimum Gasteiger partial charge on any atom is -0.352 e. The molecule has 0 fully saturated rings. The number of halogens is 1. The number of benzene rings is 2. The maximum atomic E-state index is 12.4. The van der Waals surface area contributed by atoms with E-state index in [1.807, 2.05) is 25.1 Å². The van der Waals surface area contributed by atoms with E-state index in [0.717, 1.165) is 15.4 Å². The molecule has 0 bridgehead atoms. The lowest BCUT2D eigenvalue weighted by Crippen LogP contribution is -2.27. The molecule has 0 radical (unpaired) electrons. The summed E-state index contributed by atoms with van der Waals surface area (Å²) in [4.78, 5) is 12.4. The van der Waals surface area contributed by atoms with Gasteiger partial charge in [-0.05, 0) is 37.1 Å². The molecule has 2 aromatic rings. The summed E-state index contributed by atoms with van der Waals surface area (Å²) in [6, 6.07) is 12.2. The molecule has 7 heteroatoms. The zero-order valence-electron chi connectivity index (χ0n) is 14.4. The van der Waals surface area contributed by atoms with E-state index in [2.05, 4.69) is 11.4 Å². The second-order valence-corrected chi connectivity index (χ2v) is 8.48. The van der Waals surface area contributed by atoms with Gasteiger partial charge in [-0.25, -0.2) is 12.7 Å². The van der Waals surface area contributed by atoms with Crippen LogP contribution in [0.4, 0.5) is 0 Å². The van der Waals surface area contributed by atoms with E-state index in [1.165, 1.54) is 32.3 Å². The van der Waals surface area contributed by atoms with Gasteiger partial charge in [0.1, 0.15) is 0 Å². The monoisotopic (exact) mass is 380 g/mol. The fourth-order valence-corrected chi connectivity index (χ4v) is 3.46. The zero-order valence-corrected chi connectivity index (χ0v) is 16.0. The molecule has 1 amide bonds. The van der Waals surface area contributed by atoms with Crippen molar-refractivity contribution in [3.63, 3.8) is 0 Å². The Balaban J connectivity index is 2.11. The van der Waals surface area contributed by atoms with Gasteiger partial charge in [-0.3, -0.25) is 4.79 Å². The van der Waals surface area contributed by atoms with Gasteiger partial charge < -0.3 is 5.32 Å². The summed E-state index contributed by atoms with van der Waals surface area (Å²) in [7, 11) is -0.751. The number of sulfonamides is 1. The van der Waals surface area contributed by atoms with Crippen molar-refractivity contribution >= 4 is 27.5 Å². The molecule has 0 saturated carbocycles. The molecule has 0 aromatic heterocycles. The summed E-state index contributed by atoms with van der Waals surface area (Å²) in [5.74, 6) is -0.395. The second kappa shape index (κ2) is 7.99. The Bertz CT molecular complexity index is 880. The number of hydrogen-bond donors (Lipinski definition) is 1. The van der Waals surface area contributed by atoms with Crippen molar-refractivity contribution in [2.45, 2.75) is 18.2 Å². The predicted molar refractivity (Wildman–Crippen MR) is 99.5 cm³/mol. The van der Waals surface area contributed by atoms with Crippen LogP contribution in [0.15, 0.2) is 47.4 Å². The van der Waals surface area contributed by atoms with Crippen molar-refractivity contribution in [2.75, 3.05) is 20.6 Å². The van der Waals surface area contributed by atoms with Crippen LogP contribution < -0.4 is 5.32 Å². The molecule has 134 valence electrons. The van der Waals surface area contributed by atoms with E-state index in [4.69, 9.17) is 11.6 Å². The number of hydrogen-bond acceptors (Lipinski definition) is 3. The van der Waals surface area contributed by atoms with Crippen LogP contribution in [-0.4, -0.2) is 39.3 Å². The maximum absolute atomic E-state index is 12.4. The first-order chi connectivity index (χ1) is 11.7. The zero-order chi connectivity index (χ0) is 18.6. The van der Waals surface area contributed by atoms with Crippen LogP contribution >= 0.6 is 11.6 Å². The van der Waals surface area contributed by atoms with Crippen LogP contribution in [0.25, 0.3) is 0 Å². The number of rotatable bonds is 6. The van der Waals surface area contributed by atoms with Gasteiger partial charge in [0.25, 0.3) is 5.91 Å². The molecular formula is C18H21ClN2O3S. The van der Waals surface area contributed by atoms with Crippen molar-refractivity contribution in [3.8, 4) is 0 Å². The van der Waals surface area contributed by atoms with Crippen molar-refractivity contribution in [2.24, 2.45) is 0 Å². The minimum atomic E-state index is -3.62. The molecular weight excluding hydrogens is 360 g/mol. The van der Waals surface area contributed by atoms with Crippen LogP contribution in [0.5, 0.6) is 0 Å². The van der Waals surface area contributed by atoms with Crippen molar-refractivity contribution in [1.29, 1.82) is 0 Å². The van der Waals surface area contributed by atoms with Crippen LogP contribution in [0.1, 0.15) is 21.5 Å². The van der Waals surface area contributed by atoms with E-state index in [-0.39, 0.29) is 15.5 Å². The SMILES string of the molecule is Cc1cccc(CCNC(=O)c2cc(S(=O)(=O)N(C)C)ccc2Cl)c1. The van der Waals surface area contributed by atoms with Gasteiger partial charge in [-0.1, -0.05) is 41.4 Å². The lowest BCUT2D eigenvalue weighted by molar-refractivity contribution is 0.0954. The Morgan fingerprint density at radius 1 is 1.16 bits per heavy atom. The molecule has 1 N–H and O–H groups in total. The smallest absolute Gasteiger partial charge is 0.252 e. The summed E-state index contributed by atoms with van der Waals surface area (Å²) >= 11 is 6.07. The van der Waals surface area contributed by atoms with Gasteiger partial charge in [0.2, 0.25) is 10.0 Å². The third-order valence-electron chi connectivity index (χ3n) is 3.74. The minimum absolute atomic E-state index is 0.0331. The average Bonchev–Trinajstić information content (AvgIpc) is 2.54. The van der Waals surface area contributed by atoms with Gasteiger partial charge in [-0.2, -0.15) is 0 Å². The number of carbonyl (C=O) groups is 1. The lowest BCUT2D eigenvalue weighted by Gasteiger charge is -2.13. The molecule has 0 aliphatic heterocycles. The van der Waals surface area contributed by atoms with Gasteiger partial charge in [0.05, 0.1) is 15.5 Å². The van der Waals surface area contributed by atoms with E-state index >= 15 is 0 Å². The Morgan fingerprint density at radius 2 is 1.88 bits per heavy atom. The van der Waals surface area contributed by atoms with E-state index in [1.54, 1.807) is 0 Å². The average molecular weight is 381 g/mol. The van der Waals surface area contributed by atoms with Crippen LogP contribution in [0.3, 0.4) is 0 Å². The Kier molecular flexibility index (Phi) is 6.21. The van der Waals surface area contributed by atoms with Gasteiger partial charge in [0, 0.05) is 20.6 Å². The second-order valence-electron chi connectivity index (χ2n) is 5.92. The van der Waals surface area contributed by atoms with Gasteiger partial charge in [0.15, 0.2) is 0 Å². The summed E-state index contributed by atoms with van der Waals surface area (Å²) in [5, 5.41) is 3.00. The summed E-state index contributed by atoms with van der Waals surface area (Å²) in [5.41, 5.74) is 2.43. The fourth-order valence-electron chi connectivity index (χ4n) is 2.33. The third-order valence-corrected chi connectivity index (χ3v) is 5.88. The van der Waals surface area contributed by atoms with Crippen LogP contribution in [-0.2, 0) is 16.4 Å².